The summed E-state index contributed by atoms with van der Waals surface area (Å²) in [5.74, 6) is 0.592. The summed E-state index contributed by atoms with van der Waals surface area (Å²) in [5.41, 5.74) is 0.384. The van der Waals surface area contributed by atoms with Gasteiger partial charge in [-0.3, -0.25) is 9.59 Å². The summed E-state index contributed by atoms with van der Waals surface area (Å²) in [7, 11) is 1.59. The number of nitrogens with zero attached hydrogens (tertiary/aromatic N) is 2. The molecule has 1 N–H and O–H groups in total. The first-order valence-electron chi connectivity index (χ1n) is 10.1. The molecule has 0 atom stereocenters. The molecule has 0 unspecified atom stereocenters. The molecule has 1 amide bonds. The van der Waals surface area contributed by atoms with E-state index >= 15 is 0 Å². The molecule has 1 aromatic heterocycles. The minimum Gasteiger partial charge on any atom is -0.383 e. The summed E-state index contributed by atoms with van der Waals surface area (Å²) in [4.78, 5) is 35.4. The maximum absolute atomic E-state index is 13.1. The van der Waals surface area contributed by atoms with Crippen molar-refractivity contribution < 1.29 is 9.53 Å². The Morgan fingerprint density at radius 1 is 1.12 bits per heavy atom. The number of carbonyl (C=O) groups excluding carboxylic acids is 1. The molecule has 0 bridgehead atoms. The zero-order valence-corrected chi connectivity index (χ0v) is 19.1. The largest absolute Gasteiger partial charge is 0.383 e. The Morgan fingerprint density at radius 2 is 1.91 bits per heavy atom. The average molecular weight is 468 g/mol. The van der Waals surface area contributed by atoms with E-state index < -0.39 is 0 Å². The van der Waals surface area contributed by atoms with Crippen molar-refractivity contribution in [3.05, 3.63) is 81.9 Å². The maximum atomic E-state index is 13.1. The number of amides is 1. The summed E-state index contributed by atoms with van der Waals surface area (Å²) in [6.45, 7) is 0.968. The van der Waals surface area contributed by atoms with Gasteiger partial charge in [-0.25, -0.2) is 4.98 Å². The molecule has 0 saturated heterocycles. The minimum atomic E-state index is -0.218. The molecule has 164 valence electrons. The van der Waals surface area contributed by atoms with Gasteiger partial charge in [0, 0.05) is 29.0 Å². The van der Waals surface area contributed by atoms with Crippen LogP contribution in [0.5, 0.6) is 0 Å². The number of rotatable bonds is 8. The van der Waals surface area contributed by atoms with Crippen molar-refractivity contribution in [2.45, 2.75) is 11.4 Å². The SMILES string of the molecule is COCCN(Cc1nc2ccccc2c(=O)[nH]1)C(=O)CSc1cccc2cccc(Cl)c12. The number of thioether (sulfide) groups is 1. The number of aromatic amines is 1. The summed E-state index contributed by atoms with van der Waals surface area (Å²) < 4.78 is 5.18. The molecule has 0 aliphatic heterocycles. The molecule has 8 heteroatoms. The smallest absolute Gasteiger partial charge is 0.258 e. The second-order valence-electron chi connectivity index (χ2n) is 7.22. The minimum absolute atomic E-state index is 0.0769. The number of methoxy groups -OCH3 is 1. The Hall–Kier alpha value is -2.87. The van der Waals surface area contributed by atoms with Crippen molar-refractivity contribution in [1.29, 1.82) is 0 Å². The summed E-state index contributed by atoms with van der Waals surface area (Å²) in [5, 5.41) is 3.16. The molecule has 4 aromatic rings. The van der Waals surface area contributed by atoms with Crippen molar-refractivity contribution in [2.75, 3.05) is 26.0 Å². The average Bonchev–Trinajstić information content (AvgIpc) is 2.80. The Morgan fingerprint density at radius 3 is 2.72 bits per heavy atom. The van der Waals surface area contributed by atoms with E-state index in [0.717, 1.165) is 15.7 Å². The number of H-pyrrole nitrogens is 1. The first-order valence-corrected chi connectivity index (χ1v) is 11.5. The lowest BCUT2D eigenvalue weighted by Crippen LogP contribution is -2.35. The number of ether oxygens (including phenoxy) is 1. The Kier molecular flexibility index (Phi) is 7.09. The molecule has 0 saturated carbocycles. The fourth-order valence-electron chi connectivity index (χ4n) is 3.50. The van der Waals surface area contributed by atoms with Crippen molar-refractivity contribution in [3.8, 4) is 0 Å². The van der Waals surface area contributed by atoms with Gasteiger partial charge in [0.25, 0.3) is 5.56 Å². The molecule has 0 aliphatic carbocycles. The van der Waals surface area contributed by atoms with Crippen LogP contribution in [-0.2, 0) is 16.1 Å². The molecule has 0 aliphatic rings. The van der Waals surface area contributed by atoms with Crippen LogP contribution >= 0.6 is 23.4 Å². The topological polar surface area (TPSA) is 75.3 Å². The lowest BCUT2D eigenvalue weighted by molar-refractivity contribution is -0.129. The van der Waals surface area contributed by atoms with Gasteiger partial charge < -0.3 is 14.6 Å². The molecular formula is C24H22ClN3O3S. The van der Waals surface area contributed by atoms with Crippen LogP contribution in [0, 0.1) is 0 Å². The summed E-state index contributed by atoms with van der Waals surface area (Å²) in [6, 6.07) is 18.8. The number of hydrogen-bond acceptors (Lipinski definition) is 5. The van der Waals surface area contributed by atoms with Crippen LogP contribution in [0.15, 0.2) is 70.4 Å². The monoisotopic (exact) mass is 467 g/mol. The normalized spacial score (nSPS) is 11.2. The van der Waals surface area contributed by atoms with E-state index in [4.69, 9.17) is 16.3 Å². The highest BCUT2D eigenvalue weighted by atomic mass is 35.5. The third-order valence-electron chi connectivity index (χ3n) is 5.09. The third-order valence-corrected chi connectivity index (χ3v) is 6.44. The number of fused-ring (bicyclic) bond motifs is 2. The highest BCUT2D eigenvalue weighted by Crippen LogP contribution is 2.33. The van der Waals surface area contributed by atoms with E-state index in [1.165, 1.54) is 11.8 Å². The van der Waals surface area contributed by atoms with Gasteiger partial charge in [0.15, 0.2) is 0 Å². The summed E-state index contributed by atoms with van der Waals surface area (Å²) >= 11 is 7.85. The number of halogens is 1. The van der Waals surface area contributed by atoms with Gasteiger partial charge in [-0.15, -0.1) is 11.8 Å². The Balaban J connectivity index is 1.54. The van der Waals surface area contributed by atoms with E-state index in [1.807, 2.05) is 42.5 Å². The molecule has 32 heavy (non-hydrogen) atoms. The van der Waals surface area contributed by atoms with Crippen molar-refractivity contribution in [3.63, 3.8) is 0 Å². The number of para-hydroxylation sites is 1. The molecule has 3 aromatic carbocycles. The van der Waals surface area contributed by atoms with Crippen molar-refractivity contribution >= 4 is 50.9 Å². The maximum Gasteiger partial charge on any atom is 0.258 e. The number of benzene rings is 3. The number of nitrogens with one attached hydrogen (secondary N) is 1. The van der Waals surface area contributed by atoms with Gasteiger partial charge in [-0.1, -0.05) is 48.0 Å². The Labute approximate surface area is 194 Å². The molecule has 4 rings (SSSR count). The van der Waals surface area contributed by atoms with E-state index in [1.54, 1.807) is 30.2 Å². The van der Waals surface area contributed by atoms with Gasteiger partial charge >= 0.3 is 0 Å². The summed E-state index contributed by atoms with van der Waals surface area (Å²) in [6.07, 6.45) is 0. The fourth-order valence-corrected chi connectivity index (χ4v) is 4.85. The van der Waals surface area contributed by atoms with Crippen molar-refractivity contribution in [1.82, 2.24) is 14.9 Å². The number of carbonyl (C=O) groups is 1. The Bertz CT molecular complexity index is 1320. The highest BCUT2D eigenvalue weighted by molar-refractivity contribution is 8.00. The van der Waals surface area contributed by atoms with Crippen LogP contribution in [-0.4, -0.2) is 46.8 Å². The van der Waals surface area contributed by atoms with Crippen LogP contribution in [0.1, 0.15) is 5.82 Å². The van der Waals surface area contributed by atoms with Crippen LogP contribution in [0.3, 0.4) is 0 Å². The molecular weight excluding hydrogens is 446 g/mol. The first-order chi connectivity index (χ1) is 15.6. The molecule has 1 heterocycles. The quantitative estimate of drug-likeness (QED) is 0.386. The van der Waals surface area contributed by atoms with E-state index in [0.29, 0.717) is 34.9 Å². The van der Waals surface area contributed by atoms with Gasteiger partial charge in [0.05, 0.1) is 29.8 Å². The van der Waals surface area contributed by atoms with Gasteiger partial charge in [-0.2, -0.15) is 0 Å². The van der Waals surface area contributed by atoms with Gasteiger partial charge in [0.2, 0.25) is 5.91 Å². The predicted molar refractivity (Wildman–Crippen MR) is 129 cm³/mol. The second-order valence-corrected chi connectivity index (χ2v) is 8.65. The van der Waals surface area contributed by atoms with E-state index in [2.05, 4.69) is 9.97 Å². The fraction of sp³-hybridized carbons (Fsp3) is 0.208. The predicted octanol–water partition coefficient (Wildman–Crippen LogP) is 4.50. The van der Waals surface area contributed by atoms with Gasteiger partial charge in [-0.05, 0) is 29.7 Å². The second kappa shape index (κ2) is 10.2. The lowest BCUT2D eigenvalue weighted by atomic mass is 10.1. The molecule has 0 spiro atoms. The van der Waals surface area contributed by atoms with Gasteiger partial charge in [0.1, 0.15) is 5.82 Å². The number of aromatic nitrogens is 2. The van der Waals surface area contributed by atoms with Crippen LogP contribution in [0.25, 0.3) is 21.7 Å². The molecule has 0 fully saturated rings. The van der Waals surface area contributed by atoms with Crippen LogP contribution in [0.4, 0.5) is 0 Å². The molecule has 6 nitrogen and oxygen atoms in total. The first kappa shape index (κ1) is 22.3. The highest BCUT2D eigenvalue weighted by Gasteiger charge is 2.17. The van der Waals surface area contributed by atoms with E-state index in [9.17, 15) is 9.59 Å². The molecule has 0 radical (unpaired) electrons. The van der Waals surface area contributed by atoms with E-state index in [-0.39, 0.29) is 23.8 Å². The third kappa shape index (κ3) is 4.96. The van der Waals surface area contributed by atoms with Crippen LogP contribution in [0.2, 0.25) is 5.02 Å². The lowest BCUT2D eigenvalue weighted by Gasteiger charge is -2.22. The van der Waals surface area contributed by atoms with Crippen molar-refractivity contribution in [2.24, 2.45) is 0 Å². The van der Waals surface area contributed by atoms with Crippen LogP contribution < -0.4 is 5.56 Å². The number of hydrogen-bond donors (Lipinski definition) is 1. The standard InChI is InChI=1S/C24H22ClN3O3S/c1-31-13-12-28(14-21-26-19-10-3-2-8-17(19)24(30)27-21)22(29)15-32-20-11-5-7-16-6-4-9-18(25)23(16)20/h2-11H,12-15H2,1H3,(H,26,27,30). The zero-order valence-electron chi connectivity index (χ0n) is 17.5. The zero-order chi connectivity index (χ0) is 22.5.